The second-order valence-electron chi connectivity index (χ2n) is 6.81. The van der Waals surface area contributed by atoms with E-state index in [-0.39, 0.29) is 30.6 Å². The zero-order valence-electron chi connectivity index (χ0n) is 15.1. The average Bonchev–Trinajstić information content (AvgIpc) is 2.94. The lowest BCUT2D eigenvalue weighted by Gasteiger charge is -2.25. The highest BCUT2D eigenvalue weighted by Crippen LogP contribution is 2.26. The summed E-state index contributed by atoms with van der Waals surface area (Å²) in [6.07, 6.45) is 0.404. The van der Waals surface area contributed by atoms with Crippen LogP contribution in [-0.4, -0.2) is 37.9 Å². The molecule has 1 saturated heterocycles. The van der Waals surface area contributed by atoms with E-state index in [1.165, 1.54) is 0 Å². The highest BCUT2D eigenvalue weighted by atomic mass is 16.6. The largest absolute Gasteiger partial charge is 0.460 e. The summed E-state index contributed by atoms with van der Waals surface area (Å²) in [5.41, 5.74) is 0.922. The van der Waals surface area contributed by atoms with Crippen LogP contribution in [0.1, 0.15) is 32.3 Å². The number of benzene rings is 1. The molecule has 0 radical (unpaired) electrons. The first-order valence-electron chi connectivity index (χ1n) is 8.66. The molecule has 1 aromatic carbocycles. The topological polar surface area (TPSA) is 73.9 Å². The Morgan fingerprint density at radius 3 is 2.68 bits per heavy atom. The molecule has 1 aromatic rings. The summed E-state index contributed by atoms with van der Waals surface area (Å²) >= 11 is 0. The van der Waals surface area contributed by atoms with Gasteiger partial charge in [-0.1, -0.05) is 44.2 Å². The van der Waals surface area contributed by atoms with Gasteiger partial charge in [-0.25, -0.2) is 4.79 Å². The fraction of sp³-hybridized carbons (Fsp3) is 0.579. The van der Waals surface area contributed by atoms with Crippen molar-refractivity contribution in [2.75, 3.05) is 13.7 Å². The predicted molar refractivity (Wildman–Crippen MR) is 92.9 cm³/mol. The minimum atomic E-state index is -0.499. The quantitative estimate of drug-likeness (QED) is 0.731. The van der Waals surface area contributed by atoms with Gasteiger partial charge < -0.3 is 19.5 Å². The molecule has 0 aromatic heterocycles. The summed E-state index contributed by atoms with van der Waals surface area (Å²) < 4.78 is 15.8. The fourth-order valence-electron chi connectivity index (χ4n) is 2.98. The van der Waals surface area contributed by atoms with Crippen molar-refractivity contribution < 1.29 is 23.8 Å². The van der Waals surface area contributed by atoms with Gasteiger partial charge in [-0.3, -0.25) is 4.79 Å². The fourth-order valence-corrected chi connectivity index (χ4v) is 2.98. The van der Waals surface area contributed by atoms with Crippen molar-refractivity contribution >= 4 is 12.1 Å². The molecular formula is C19H27NO5. The third-order valence-corrected chi connectivity index (χ3v) is 4.18. The van der Waals surface area contributed by atoms with Crippen LogP contribution >= 0.6 is 0 Å². The highest BCUT2D eigenvalue weighted by Gasteiger charge is 2.39. The summed E-state index contributed by atoms with van der Waals surface area (Å²) in [5.74, 6) is -0.188. The maximum atomic E-state index is 12.2. The molecule has 0 bridgehead atoms. The molecule has 0 aliphatic carbocycles. The molecule has 1 fully saturated rings. The van der Waals surface area contributed by atoms with Gasteiger partial charge in [-0.15, -0.1) is 0 Å². The Kier molecular flexibility index (Phi) is 7.25. The number of methoxy groups -OCH3 is 1. The Labute approximate surface area is 148 Å². The molecule has 3 atom stereocenters. The van der Waals surface area contributed by atoms with E-state index in [2.05, 4.69) is 19.2 Å². The Morgan fingerprint density at radius 1 is 1.32 bits per heavy atom. The molecule has 6 heteroatoms. The number of amides is 1. The molecule has 0 unspecified atom stereocenters. The van der Waals surface area contributed by atoms with Crippen molar-refractivity contribution in [1.82, 2.24) is 5.32 Å². The molecule has 1 heterocycles. The maximum Gasteiger partial charge on any atom is 0.407 e. The van der Waals surface area contributed by atoms with Crippen LogP contribution in [0, 0.1) is 11.8 Å². The van der Waals surface area contributed by atoms with Gasteiger partial charge in [0.05, 0.1) is 18.6 Å². The first-order valence-corrected chi connectivity index (χ1v) is 8.66. The van der Waals surface area contributed by atoms with Crippen molar-refractivity contribution in [3.63, 3.8) is 0 Å². The smallest absolute Gasteiger partial charge is 0.407 e. The van der Waals surface area contributed by atoms with Gasteiger partial charge in [-0.05, 0) is 17.9 Å². The minimum Gasteiger partial charge on any atom is -0.460 e. The number of carbonyl (C=O) groups excluding carboxylic acids is 2. The highest BCUT2D eigenvalue weighted by molar-refractivity contribution is 5.75. The van der Waals surface area contributed by atoms with Gasteiger partial charge in [0.25, 0.3) is 0 Å². The normalized spacial score (nSPS) is 21.0. The van der Waals surface area contributed by atoms with Crippen molar-refractivity contribution in [2.45, 2.75) is 45.4 Å². The monoisotopic (exact) mass is 349 g/mol. The van der Waals surface area contributed by atoms with Crippen LogP contribution in [0.25, 0.3) is 0 Å². The second-order valence-corrected chi connectivity index (χ2v) is 6.81. The summed E-state index contributed by atoms with van der Waals surface area (Å²) in [5, 5.41) is 2.86. The minimum absolute atomic E-state index is 0.206. The van der Waals surface area contributed by atoms with Crippen molar-refractivity contribution in [3.05, 3.63) is 35.9 Å². The molecule has 2 rings (SSSR count). The molecule has 0 spiro atoms. The lowest BCUT2D eigenvalue weighted by Crippen LogP contribution is -2.44. The Morgan fingerprint density at radius 2 is 2.04 bits per heavy atom. The summed E-state index contributed by atoms with van der Waals surface area (Å²) in [7, 11) is 1.56. The number of alkyl carbamates (subject to hydrolysis) is 1. The second kappa shape index (κ2) is 9.42. The molecule has 6 nitrogen and oxygen atoms in total. The number of hydrogen-bond donors (Lipinski definition) is 1. The Hall–Kier alpha value is -2.08. The number of ether oxygens (including phenoxy) is 3. The van der Waals surface area contributed by atoms with Crippen LogP contribution in [0.4, 0.5) is 4.79 Å². The number of carbonyl (C=O) groups is 2. The van der Waals surface area contributed by atoms with E-state index in [1.54, 1.807) is 7.11 Å². The molecule has 1 aliphatic rings. The molecule has 138 valence electrons. The van der Waals surface area contributed by atoms with Gasteiger partial charge in [-0.2, -0.15) is 0 Å². The van der Waals surface area contributed by atoms with Crippen LogP contribution in [0.2, 0.25) is 0 Å². The zero-order valence-corrected chi connectivity index (χ0v) is 15.1. The van der Waals surface area contributed by atoms with Crippen LogP contribution in [0.15, 0.2) is 30.3 Å². The van der Waals surface area contributed by atoms with Gasteiger partial charge in [0.1, 0.15) is 12.7 Å². The molecule has 1 amide bonds. The van der Waals surface area contributed by atoms with E-state index < -0.39 is 6.09 Å². The Bertz CT molecular complexity index is 560. The first kappa shape index (κ1) is 19.2. The van der Waals surface area contributed by atoms with Crippen molar-refractivity contribution in [3.8, 4) is 0 Å². The number of cyclic esters (lactones) is 1. The van der Waals surface area contributed by atoms with Crippen LogP contribution < -0.4 is 5.32 Å². The number of esters is 1. The molecule has 1 aliphatic heterocycles. The lowest BCUT2D eigenvalue weighted by molar-refractivity contribution is -0.146. The van der Waals surface area contributed by atoms with Crippen molar-refractivity contribution in [2.24, 2.45) is 11.8 Å². The van der Waals surface area contributed by atoms with Crippen LogP contribution in [0.5, 0.6) is 0 Å². The first-order chi connectivity index (χ1) is 12.0. The van der Waals surface area contributed by atoms with E-state index in [0.717, 1.165) is 5.56 Å². The molecular weight excluding hydrogens is 322 g/mol. The summed E-state index contributed by atoms with van der Waals surface area (Å²) in [4.78, 5) is 24.1. The third kappa shape index (κ3) is 6.05. The van der Waals surface area contributed by atoms with Crippen LogP contribution in [0.3, 0.4) is 0 Å². The van der Waals surface area contributed by atoms with Gasteiger partial charge in [0.15, 0.2) is 0 Å². The summed E-state index contributed by atoms with van der Waals surface area (Å²) in [6, 6.07) is 9.22. The molecule has 1 N–H and O–H groups in total. The molecule has 0 saturated carbocycles. The van der Waals surface area contributed by atoms with Gasteiger partial charge in [0.2, 0.25) is 0 Å². The summed E-state index contributed by atoms with van der Waals surface area (Å²) in [6.45, 7) is 4.67. The Balaban J connectivity index is 1.91. The third-order valence-electron chi connectivity index (χ3n) is 4.18. The van der Waals surface area contributed by atoms with Gasteiger partial charge in [0, 0.05) is 13.5 Å². The number of rotatable bonds is 8. The number of hydrogen-bond acceptors (Lipinski definition) is 5. The van der Waals surface area contributed by atoms with E-state index >= 15 is 0 Å². The SMILES string of the molecule is COC[C@@H]1C[C@@H]([C@H](CC(C)C)NC(=O)OCc2ccccc2)OC1=O. The standard InChI is InChI=1S/C19H27NO5/c1-13(2)9-16(17-10-15(12-23-3)18(21)25-17)20-19(22)24-11-14-7-5-4-6-8-14/h4-8,13,15-17H,9-12H2,1-3H3,(H,20,22)/t15-,16-,17-/m0/s1. The van der Waals surface area contributed by atoms with Crippen LogP contribution in [-0.2, 0) is 25.6 Å². The van der Waals surface area contributed by atoms with E-state index in [9.17, 15) is 9.59 Å². The van der Waals surface area contributed by atoms with Crippen molar-refractivity contribution in [1.29, 1.82) is 0 Å². The van der Waals surface area contributed by atoms with E-state index in [4.69, 9.17) is 14.2 Å². The van der Waals surface area contributed by atoms with Gasteiger partial charge >= 0.3 is 12.1 Å². The van der Waals surface area contributed by atoms with E-state index in [0.29, 0.717) is 25.4 Å². The maximum absolute atomic E-state index is 12.2. The predicted octanol–water partition coefficient (Wildman–Crippen LogP) is 2.91. The zero-order chi connectivity index (χ0) is 18.2. The lowest BCUT2D eigenvalue weighted by atomic mass is 9.95. The molecule has 25 heavy (non-hydrogen) atoms. The average molecular weight is 349 g/mol. The van der Waals surface area contributed by atoms with E-state index in [1.807, 2.05) is 30.3 Å². The number of nitrogens with one attached hydrogen (secondary N) is 1.